The third kappa shape index (κ3) is 8.32. The molecule has 52 heavy (non-hydrogen) atoms. The van der Waals surface area contributed by atoms with Gasteiger partial charge in [0.05, 0.1) is 30.0 Å². The number of nitrogens with zero attached hydrogens (tertiary/aromatic N) is 5. The molecule has 2 N–H and O–H groups in total. The summed E-state index contributed by atoms with van der Waals surface area (Å²) < 4.78 is 35.5. The second-order valence-corrected chi connectivity index (χ2v) is 16.8. The van der Waals surface area contributed by atoms with Gasteiger partial charge in [-0.2, -0.15) is 5.26 Å². The Morgan fingerprint density at radius 2 is 1.75 bits per heavy atom. The largest absolute Gasteiger partial charge is 0.469 e. The number of anilines is 1. The molecule has 0 aromatic heterocycles. The number of hydrogen-bond donors (Lipinski definition) is 2. The second kappa shape index (κ2) is 15.7. The molecular formula is C41H57F2N5O4. The van der Waals surface area contributed by atoms with E-state index >= 15 is 8.78 Å². The summed E-state index contributed by atoms with van der Waals surface area (Å²) in [5.41, 5.74) is 0.401. The summed E-state index contributed by atoms with van der Waals surface area (Å²) in [6.07, 6.45) is 6.34. The maximum absolute atomic E-state index is 15.2. The fourth-order valence-electron chi connectivity index (χ4n) is 10.1. The molecule has 0 spiro atoms. The van der Waals surface area contributed by atoms with Crippen LogP contribution in [0.25, 0.3) is 0 Å². The van der Waals surface area contributed by atoms with E-state index in [1.807, 2.05) is 36.9 Å². The number of nitriles is 1. The van der Waals surface area contributed by atoms with Gasteiger partial charge in [-0.3, -0.25) is 4.79 Å². The van der Waals surface area contributed by atoms with Crippen molar-refractivity contribution in [3.63, 3.8) is 0 Å². The lowest BCUT2D eigenvalue weighted by molar-refractivity contribution is -0.142. The van der Waals surface area contributed by atoms with Crippen LogP contribution < -0.4 is 4.90 Å². The zero-order chi connectivity index (χ0) is 37.3. The molecule has 2 aromatic carbocycles. The number of esters is 1. The molecule has 4 fully saturated rings. The Morgan fingerprint density at radius 3 is 2.38 bits per heavy atom. The molecule has 0 unspecified atom stereocenters. The highest BCUT2D eigenvalue weighted by molar-refractivity contribution is 5.69. The van der Waals surface area contributed by atoms with Crippen LogP contribution >= 0.6 is 0 Å². The molecule has 284 valence electrons. The van der Waals surface area contributed by atoms with Crippen LogP contribution in [0, 0.1) is 40.7 Å². The molecule has 0 radical (unpaired) electrons. The Labute approximate surface area is 308 Å². The van der Waals surface area contributed by atoms with Crippen LogP contribution in [0.3, 0.4) is 0 Å². The number of rotatable bonds is 12. The summed E-state index contributed by atoms with van der Waals surface area (Å²) in [7, 11) is 5.26. The van der Waals surface area contributed by atoms with Crippen LogP contribution in [-0.4, -0.2) is 116 Å². The van der Waals surface area contributed by atoms with Gasteiger partial charge in [0.15, 0.2) is 0 Å². The molecule has 0 amide bonds. The van der Waals surface area contributed by atoms with Crippen molar-refractivity contribution in [1.29, 1.82) is 5.26 Å². The van der Waals surface area contributed by atoms with Crippen molar-refractivity contribution in [2.24, 2.45) is 17.8 Å². The SMILES string of the molecule is COC(=O)C[C@H]1CCC[C@@H]1[C@](CN1CCC(C)(O)CC1)(c1cccc(F)c1)C1CCN(CC2(O)CN(c3cc(CN(C)C)c(C#N)cc3F)C2)CC1. The smallest absolute Gasteiger partial charge is 0.305 e. The molecule has 3 aliphatic heterocycles. The van der Waals surface area contributed by atoms with E-state index in [2.05, 4.69) is 21.9 Å². The highest BCUT2D eigenvalue weighted by Gasteiger charge is 2.53. The van der Waals surface area contributed by atoms with Crippen LogP contribution in [0.1, 0.15) is 75.0 Å². The number of halogens is 2. The predicted octanol–water partition coefficient (Wildman–Crippen LogP) is 4.93. The molecule has 0 bridgehead atoms. The number of benzene rings is 2. The van der Waals surface area contributed by atoms with Crippen molar-refractivity contribution in [2.45, 2.75) is 81.5 Å². The fraction of sp³-hybridized carbons (Fsp3) is 0.659. The van der Waals surface area contributed by atoms with Crippen molar-refractivity contribution in [3.05, 3.63) is 64.7 Å². The predicted molar refractivity (Wildman–Crippen MR) is 197 cm³/mol. The highest BCUT2D eigenvalue weighted by atomic mass is 19.1. The fourth-order valence-corrected chi connectivity index (χ4v) is 10.1. The minimum Gasteiger partial charge on any atom is -0.469 e. The number of β-amino-alcohol motifs (C(OH)–C–C–N with tert-alkyl or cyclic N) is 1. The van der Waals surface area contributed by atoms with E-state index in [0.29, 0.717) is 56.7 Å². The molecule has 6 rings (SSSR count). The molecule has 11 heteroatoms. The summed E-state index contributed by atoms with van der Waals surface area (Å²) >= 11 is 0. The van der Waals surface area contributed by atoms with Crippen molar-refractivity contribution >= 4 is 11.7 Å². The molecule has 3 atom stereocenters. The second-order valence-electron chi connectivity index (χ2n) is 16.8. The van der Waals surface area contributed by atoms with Gasteiger partial charge in [-0.1, -0.05) is 18.6 Å². The summed E-state index contributed by atoms with van der Waals surface area (Å²) in [5.74, 6) is -0.406. The maximum atomic E-state index is 15.2. The quantitative estimate of drug-likeness (QED) is 0.296. The Morgan fingerprint density at radius 1 is 1.04 bits per heavy atom. The first-order valence-electron chi connectivity index (χ1n) is 19.1. The summed E-state index contributed by atoms with van der Waals surface area (Å²) in [4.78, 5) is 21.3. The maximum Gasteiger partial charge on any atom is 0.305 e. The van der Waals surface area contributed by atoms with Crippen LogP contribution in [0.2, 0.25) is 0 Å². The highest BCUT2D eigenvalue weighted by Crippen LogP contribution is 2.54. The average Bonchev–Trinajstić information content (AvgIpc) is 3.55. The molecule has 2 aromatic rings. The first kappa shape index (κ1) is 38.6. The third-order valence-corrected chi connectivity index (χ3v) is 12.7. The Bertz CT molecular complexity index is 1610. The average molecular weight is 722 g/mol. The van der Waals surface area contributed by atoms with E-state index in [9.17, 15) is 20.3 Å². The van der Waals surface area contributed by atoms with Gasteiger partial charge in [-0.15, -0.1) is 0 Å². The van der Waals surface area contributed by atoms with E-state index < -0.39 is 22.4 Å². The number of carbonyl (C=O) groups excluding carboxylic acids is 1. The summed E-state index contributed by atoms with van der Waals surface area (Å²) in [6.45, 7) is 7.31. The van der Waals surface area contributed by atoms with Gasteiger partial charge in [0.2, 0.25) is 0 Å². The van der Waals surface area contributed by atoms with Crippen LogP contribution in [-0.2, 0) is 21.5 Å². The first-order chi connectivity index (χ1) is 24.7. The number of ether oxygens (including phenoxy) is 1. The Hall–Kier alpha value is -3.14. The lowest BCUT2D eigenvalue weighted by Gasteiger charge is -2.54. The number of likely N-dealkylation sites (tertiary alicyclic amines) is 2. The molecule has 4 aliphatic rings. The lowest BCUT2D eigenvalue weighted by atomic mass is 9.56. The molecule has 1 saturated carbocycles. The van der Waals surface area contributed by atoms with Gasteiger partial charge in [0, 0.05) is 57.6 Å². The molecule has 9 nitrogen and oxygen atoms in total. The van der Waals surface area contributed by atoms with Crippen LogP contribution in [0.15, 0.2) is 36.4 Å². The number of hydrogen-bond acceptors (Lipinski definition) is 9. The number of aliphatic hydroxyl groups is 2. The minimum atomic E-state index is -0.990. The van der Waals surface area contributed by atoms with Crippen LogP contribution in [0.4, 0.5) is 14.5 Å². The van der Waals surface area contributed by atoms with Crippen molar-refractivity contribution in [1.82, 2.24) is 14.7 Å². The van der Waals surface area contributed by atoms with Gasteiger partial charge in [-0.25, -0.2) is 8.78 Å². The van der Waals surface area contributed by atoms with E-state index in [4.69, 9.17) is 4.74 Å². The topological polar surface area (TPSA) is 104 Å². The van der Waals surface area contributed by atoms with Gasteiger partial charge in [0.1, 0.15) is 17.2 Å². The van der Waals surface area contributed by atoms with E-state index in [0.717, 1.165) is 76.0 Å². The Kier molecular flexibility index (Phi) is 11.6. The van der Waals surface area contributed by atoms with Gasteiger partial charge >= 0.3 is 5.97 Å². The van der Waals surface area contributed by atoms with Crippen LogP contribution in [0.5, 0.6) is 0 Å². The minimum absolute atomic E-state index is 0.129. The number of methoxy groups -OCH3 is 1. The summed E-state index contributed by atoms with van der Waals surface area (Å²) in [6, 6.07) is 12.3. The van der Waals surface area contributed by atoms with E-state index in [-0.39, 0.29) is 29.5 Å². The molecule has 3 saturated heterocycles. The monoisotopic (exact) mass is 721 g/mol. The lowest BCUT2D eigenvalue weighted by Crippen LogP contribution is -2.67. The molecular weight excluding hydrogens is 664 g/mol. The van der Waals surface area contributed by atoms with Gasteiger partial charge < -0.3 is 34.5 Å². The summed E-state index contributed by atoms with van der Waals surface area (Å²) in [5, 5.41) is 32.0. The van der Waals surface area contributed by atoms with Crippen molar-refractivity contribution in [3.8, 4) is 6.07 Å². The zero-order valence-electron chi connectivity index (χ0n) is 31.4. The van der Waals surface area contributed by atoms with Gasteiger partial charge in [0.25, 0.3) is 0 Å². The molecule has 3 heterocycles. The zero-order valence-corrected chi connectivity index (χ0v) is 31.4. The molecule has 1 aliphatic carbocycles. The number of carbonyl (C=O) groups is 1. The van der Waals surface area contributed by atoms with Crippen molar-refractivity contribution < 1.29 is 28.5 Å². The first-order valence-corrected chi connectivity index (χ1v) is 19.1. The van der Waals surface area contributed by atoms with E-state index in [1.165, 1.54) is 19.2 Å². The normalized spacial score (nSPS) is 25.0. The third-order valence-electron chi connectivity index (χ3n) is 12.7. The standard InChI is InChI=1S/C41H57F2N5O4/c1-39(50)13-17-47(18-14-39)28-41(33-8-6-9-34(42)22-33,35-10-5-7-29(35)21-38(49)52-4)32-11-15-46(16-12-32)25-40(51)26-48(27-40)37-20-31(24-45(2)3)30(23-44)19-36(37)43/h6,8-9,19-20,22,29,32,35,50-51H,5,7,10-18,21,24-28H2,1-4H3/t29-,35+,41+/m1/s1. The Balaban J connectivity index is 1.21. The van der Waals surface area contributed by atoms with E-state index in [1.54, 1.807) is 12.1 Å². The number of piperidine rings is 2. The van der Waals surface area contributed by atoms with Crippen molar-refractivity contribution in [2.75, 3.05) is 78.5 Å². The van der Waals surface area contributed by atoms with Gasteiger partial charge in [-0.05, 0) is 126 Å².